The summed E-state index contributed by atoms with van der Waals surface area (Å²) in [5.74, 6) is -0.505. The average molecular weight is 399 g/mol. The number of carbonyl (C=O) groups is 2. The third-order valence-electron chi connectivity index (χ3n) is 3.20. The van der Waals surface area contributed by atoms with Gasteiger partial charge in [-0.05, 0) is 49.4 Å². The summed E-state index contributed by atoms with van der Waals surface area (Å²) in [4.78, 5) is 25.2. The monoisotopic (exact) mass is 398 g/mol. The molecule has 25 heavy (non-hydrogen) atoms. The summed E-state index contributed by atoms with van der Waals surface area (Å²) in [7, 11) is 1.44. The van der Waals surface area contributed by atoms with E-state index >= 15 is 0 Å². The molecule has 0 spiro atoms. The average Bonchev–Trinajstić information content (AvgIpc) is 2.61. The number of hydrogen-bond donors (Lipinski definition) is 2. The summed E-state index contributed by atoms with van der Waals surface area (Å²) in [5.41, 5.74) is 5.05. The van der Waals surface area contributed by atoms with Crippen molar-refractivity contribution in [3.05, 3.63) is 58.1 Å². The Labute approximate surface area is 160 Å². The van der Waals surface area contributed by atoms with Crippen molar-refractivity contribution in [1.82, 2.24) is 10.9 Å². The minimum absolute atomic E-state index is 0.269. The van der Waals surface area contributed by atoms with Crippen LogP contribution in [0.4, 0.5) is 0 Å². The Bertz CT molecular complexity index is 769. The Kier molecular flexibility index (Phi) is 6.99. The lowest BCUT2D eigenvalue weighted by atomic mass is 10.2. The predicted molar refractivity (Wildman–Crippen MR) is 100 cm³/mol. The fourth-order valence-corrected chi connectivity index (χ4v) is 3.07. The molecule has 0 aliphatic heterocycles. The zero-order valence-corrected chi connectivity index (χ0v) is 15.8. The molecule has 2 aromatic rings. The highest BCUT2D eigenvalue weighted by Gasteiger charge is 2.17. The fraction of sp³-hybridized carbons (Fsp3) is 0.176. The van der Waals surface area contributed by atoms with Crippen LogP contribution >= 0.6 is 35.0 Å². The number of hydrogen-bond acceptors (Lipinski definition) is 4. The first kappa shape index (κ1) is 19.4. The fourth-order valence-electron chi connectivity index (χ4n) is 1.91. The van der Waals surface area contributed by atoms with Crippen molar-refractivity contribution in [3.8, 4) is 5.75 Å². The molecule has 0 fully saturated rings. The highest BCUT2D eigenvalue weighted by atomic mass is 35.5. The maximum absolute atomic E-state index is 12.2. The Morgan fingerprint density at radius 2 is 1.68 bits per heavy atom. The molecule has 0 aliphatic carbocycles. The number of ether oxygens (including phenoxy) is 1. The van der Waals surface area contributed by atoms with Gasteiger partial charge < -0.3 is 4.74 Å². The number of amides is 2. The Hall–Kier alpha value is -1.89. The number of methoxy groups -OCH3 is 1. The molecule has 0 bridgehead atoms. The first-order valence-corrected chi connectivity index (χ1v) is 8.90. The van der Waals surface area contributed by atoms with Gasteiger partial charge in [0.15, 0.2) is 0 Å². The van der Waals surface area contributed by atoms with Crippen LogP contribution in [0.25, 0.3) is 0 Å². The van der Waals surface area contributed by atoms with Crippen molar-refractivity contribution in [2.45, 2.75) is 17.1 Å². The zero-order valence-electron chi connectivity index (χ0n) is 13.5. The number of halogens is 2. The van der Waals surface area contributed by atoms with Crippen LogP contribution in [0, 0.1) is 0 Å². The molecule has 2 amide bonds. The van der Waals surface area contributed by atoms with Gasteiger partial charge in [-0.1, -0.05) is 23.2 Å². The number of hydrazine groups is 1. The van der Waals surface area contributed by atoms with E-state index in [2.05, 4.69) is 10.9 Å². The SMILES string of the molecule is COc1cc(Cl)ccc1C(=O)NNC(=O)C(C)Sc1ccc(Cl)cc1. The Morgan fingerprint density at radius 1 is 1.04 bits per heavy atom. The van der Waals surface area contributed by atoms with E-state index in [1.807, 2.05) is 12.1 Å². The maximum Gasteiger partial charge on any atom is 0.273 e. The zero-order chi connectivity index (χ0) is 18.4. The van der Waals surface area contributed by atoms with Gasteiger partial charge >= 0.3 is 0 Å². The van der Waals surface area contributed by atoms with Crippen LogP contribution in [0.1, 0.15) is 17.3 Å². The summed E-state index contributed by atoms with van der Waals surface area (Å²) < 4.78 is 5.12. The van der Waals surface area contributed by atoms with E-state index in [0.717, 1.165) is 4.90 Å². The van der Waals surface area contributed by atoms with Crippen LogP contribution in [-0.4, -0.2) is 24.2 Å². The van der Waals surface area contributed by atoms with Crippen molar-refractivity contribution < 1.29 is 14.3 Å². The van der Waals surface area contributed by atoms with Crippen LogP contribution in [0.2, 0.25) is 10.0 Å². The van der Waals surface area contributed by atoms with Gasteiger partial charge in [0.2, 0.25) is 0 Å². The highest BCUT2D eigenvalue weighted by molar-refractivity contribution is 8.00. The molecule has 5 nitrogen and oxygen atoms in total. The quantitative estimate of drug-likeness (QED) is 0.590. The van der Waals surface area contributed by atoms with Gasteiger partial charge in [-0.25, -0.2) is 0 Å². The van der Waals surface area contributed by atoms with Gasteiger partial charge in [-0.15, -0.1) is 11.8 Å². The van der Waals surface area contributed by atoms with Crippen LogP contribution in [-0.2, 0) is 4.79 Å². The molecule has 132 valence electrons. The predicted octanol–water partition coefficient (Wildman–Crippen LogP) is 3.94. The molecule has 0 aliphatic rings. The van der Waals surface area contributed by atoms with Gasteiger partial charge in [0.05, 0.1) is 17.9 Å². The van der Waals surface area contributed by atoms with Crippen molar-refractivity contribution in [2.75, 3.05) is 7.11 Å². The van der Waals surface area contributed by atoms with E-state index < -0.39 is 11.2 Å². The van der Waals surface area contributed by atoms with Gasteiger partial charge in [-0.2, -0.15) is 0 Å². The van der Waals surface area contributed by atoms with E-state index in [1.54, 1.807) is 25.1 Å². The molecule has 2 aromatic carbocycles. The van der Waals surface area contributed by atoms with E-state index in [1.165, 1.54) is 31.0 Å². The van der Waals surface area contributed by atoms with Crippen molar-refractivity contribution in [2.24, 2.45) is 0 Å². The lowest BCUT2D eigenvalue weighted by molar-refractivity contribution is -0.121. The summed E-state index contributed by atoms with van der Waals surface area (Å²) >= 11 is 13.1. The minimum Gasteiger partial charge on any atom is -0.496 e. The van der Waals surface area contributed by atoms with Crippen molar-refractivity contribution in [3.63, 3.8) is 0 Å². The summed E-state index contributed by atoms with van der Waals surface area (Å²) in [5, 5.41) is 0.671. The van der Waals surface area contributed by atoms with Crippen molar-refractivity contribution >= 4 is 46.8 Å². The molecule has 0 saturated heterocycles. The lowest BCUT2D eigenvalue weighted by Crippen LogP contribution is -2.45. The van der Waals surface area contributed by atoms with Crippen LogP contribution in [0.3, 0.4) is 0 Å². The smallest absolute Gasteiger partial charge is 0.273 e. The molecule has 1 unspecified atom stereocenters. The van der Waals surface area contributed by atoms with E-state index in [9.17, 15) is 9.59 Å². The Morgan fingerprint density at radius 3 is 2.32 bits per heavy atom. The maximum atomic E-state index is 12.2. The second-order valence-corrected chi connectivity index (χ2v) is 7.29. The largest absolute Gasteiger partial charge is 0.496 e. The standard InChI is InChI=1S/C17H16Cl2N2O3S/c1-10(25-13-6-3-11(18)4-7-13)16(22)20-21-17(23)14-8-5-12(19)9-15(14)24-2/h3-10H,1-2H3,(H,20,22)(H,21,23). The number of benzene rings is 2. The van der Waals surface area contributed by atoms with E-state index in [0.29, 0.717) is 15.8 Å². The van der Waals surface area contributed by atoms with Crippen LogP contribution in [0.5, 0.6) is 5.75 Å². The molecule has 0 radical (unpaired) electrons. The molecule has 0 heterocycles. The number of nitrogens with one attached hydrogen (secondary N) is 2. The molecular weight excluding hydrogens is 383 g/mol. The third-order valence-corrected chi connectivity index (χ3v) is 4.80. The van der Waals surface area contributed by atoms with E-state index in [4.69, 9.17) is 27.9 Å². The summed E-state index contributed by atoms with van der Waals surface area (Å²) in [6, 6.07) is 11.8. The highest BCUT2D eigenvalue weighted by Crippen LogP contribution is 2.25. The molecule has 8 heteroatoms. The van der Waals surface area contributed by atoms with Crippen molar-refractivity contribution in [1.29, 1.82) is 0 Å². The summed E-state index contributed by atoms with van der Waals surface area (Å²) in [6.07, 6.45) is 0. The van der Waals surface area contributed by atoms with Gasteiger partial charge in [0, 0.05) is 14.9 Å². The van der Waals surface area contributed by atoms with E-state index in [-0.39, 0.29) is 11.5 Å². The number of carbonyl (C=O) groups excluding carboxylic acids is 2. The molecule has 2 N–H and O–H groups in total. The topological polar surface area (TPSA) is 67.4 Å². The normalized spacial score (nSPS) is 11.5. The Balaban J connectivity index is 1.92. The van der Waals surface area contributed by atoms with Gasteiger partial charge in [-0.3, -0.25) is 20.4 Å². The lowest BCUT2D eigenvalue weighted by Gasteiger charge is -2.14. The van der Waals surface area contributed by atoms with Crippen LogP contribution < -0.4 is 15.6 Å². The van der Waals surface area contributed by atoms with Gasteiger partial charge in [0.25, 0.3) is 11.8 Å². The summed E-state index contributed by atoms with van der Waals surface area (Å²) in [6.45, 7) is 1.74. The minimum atomic E-state index is -0.495. The molecule has 1 atom stereocenters. The van der Waals surface area contributed by atoms with Crippen LogP contribution in [0.15, 0.2) is 47.4 Å². The first-order chi connectivity index (χ1) is 11.9. The third kappa shape index (κ3) is 5.56. The number of thioether (sulfide) groups is 1. The van der Waals surface area contributed by atoms with Gasteiger partial charge in [0.1, 0.15) is 5.75 Å². The molecule has 0 aromatic heterocycles. The first-order valence-electron chi connectivity index (χ1n) is 7.26. The molecular formula is C17H16Cl2N2O3S. The second-order valence-electron chi connectivity index (χ2n) is 5.00. The second kappa shape index (κ2) is 8.99. The molecule has 0 saturated carbocycles. The molecule has 2 rings (SSSR count). The number of rotatable bonds is 5.